The second-order valence-corrected chi connectivity index (χ2v) is 4.63. The molecule has 1 unspecified atom stereocenters. The molecule has 1 N–H and O–H groups in total. The van der Waals surface area contributed by atoms with Crippen molar-refractivity contribution in [3.63, 3.8) is 0 Å². The molecule has 1 atom stereocenters. The van der Waals surface area contributed by atoms with Gasteiger partial charge < -0.3 is 14.6 Å². The van der Waals surface area contributed by atoms with Crippen LogP contribution in [0.3, 0.4) is 0 Å². The number of halogens is 2. The van der Waals surface area contributed by atoms with Gasteiger partial charge in [0.05, 0.1) is 0 Å². The number of ether oxygens (including phenoxy) is 1. The van der Waals surface area contributed by atoms with Crippen molar-refractivity contribution in [2.45, 2.75) is 32.5 Å². The summed E-state index contributed by atoms with van der Waals surface area (Å²) in [4.78, 5) is 4.34. The third kappa shape index (κ3) is 4.01. The Labute approximate surface area is 122 Å². The van der Waals surface area contributed by atoms with E-state index in [4.69, 9.17) is 0 Å². The van der Waals surface area contributed by atoms with Gasteiger partial charge >= 0.3 is 6.61 Å². The average Bonchev–Trinajstić information content (AvgIpc) is 2.91. The Balaban J connectivity index is 2.17. The lowest BCUT2D eigenvalue weighted by Crippen LogP contribution is -2.21. The minimum absolute atomic E-state index is 0.0149. The Bertz CT molecular complexity index is 572. The third-order valence-electron chi connectivity index (χ3n) is 3.36. The summed E-state index contributed by atoms with van der Waals surface area (Å²) in [6.45, 7) is 0.0871. The van der Waals surface area contributed by atoms with Crippen LogP contribution in [0.4, 0.5) is 8.78 Å². The highest BCUT2D eigenvalue weighted by atomic mass is 19.3. The second kappa shape index (κ2) is 7.17. The molecule has 2 aromatic rings. The number of aryl methyl sites for hydroxylation is 1. The molecule has 1 aromatic heterocycles. The number of hydrogen-bond acceptors (Lipinski definition) is 3. The maximum absolute atomic E-state index is 12.3. The largest absolute Gasteiger partial charge is 0.435 e. The molecule has 0 spiro atoms. The molecular formula is C15H19F2N3O. The number of likely N-dealkylation sites (N-methyl/N-ethyl adjacent to an activating group) is 1. The van der Waals surface area contributed by atoms with Crippen molar-refractivity contribution >= 4 is 0 Å². The standard InChI is InChI=1S/C15H19F2N3O/c1-3-20-8-7-19-14(20)10-13(18-2)11-5-4-6-12(9-11)21-15(16)17/h4-9,13,15,18H,3,10H2,1-2H3. The number of nitrogens with one attached hydrogen (secondary N) is 1. The van der Waals surface area contributed by atoms with Crippen LogP contribution in [0, 0.1) is 0 Å². The van der Waals surface area contributed by atoms with Crippen molar-refractivity contribution in [2.24, 2.45) is 0 Å². The monoisotopic (exact) mass is 295 g/mol. The topological polar surface area (TPSA) is 39.1 Å². The van der Waals surface area contributed by atoms with Gasteiger partial charge in [-0.05, 0) is 31.7 Å². The highest BCUT2D eigenvalue weighted by Crippen LogP contribution is 2.23. The summed E-state index contributed by atoms with van der Waals surface area (Å²) in [6.07, 6.45) is 4.37. The van der Waals surface area contributed by atoms with Gasteiger partial charge in [0.25, 0.3) is 0 Å². The fourth-order valence-electron chi connectivity index (χ4n) is 2.29. The van der Waals surface area contributed by atoms with Gasteiger partial charge in [0.2, 0.25) is 0 Å². The number of imidazole rings is 1. The minimum atomic E-state index is -2.81. The van der Waals surface area contributed by atoms with Crippen molar-refractivity contribution < 1.29 is 13.5 Å². The van der Waals surface area contributed by atoms with E-state index in [1.54, 1.807) is 18.3 Å². The van der Waals surface area contributed by atoms with Crippen LogP contribution in [0.2, 0.25) is 0 Å². The molecule has 4 nitrogen and oxygen atoms in total. The molecule has 0 saturated heterocycles. The first-order valence-electron chi connectivity index (χ1n) is 6.86. The number of aromatic nitrogens is 2. The predicted octanol–water partition coefficient (Wildman–Crippen LogP) is 3.01. The summed E-state index contributed by atoms with van der Waals surface area (Å²) < 4.78 is 31.1. The Hall–Kier alpha value is -1.95. The van der Waals surface area contributed by atoms with Gasteiger partial charge in [-0.15, -0.1) is 0 Å². The van der Waals surface area contributed by atoms with E-state index in [1.807, 2.05) is 19.3 Å². The van der Waals surface area contributed by atoms with Crippen LogP contribution in [0.1, 0.15) is 24.4 Å². The number of nitrogens with zero attached hydrogens (tertiary/aromatic N) is 2. The lowest BCUT2D eigenvalue weighted by molar-refractivity contribution is -0.0499. The molecular weight excluding hydrogens is 276 g/mol. The first kappa shape index (κ1) is 15.4. The molecule has 0 bridgehead atoms. The van der Waals surface area contributed by atoms with Crippen LogP contribution >= 0.6 is 0 Å². The summed E-state index contributed by atoms with van der Waals surface area (Å²) >= 11 is 0. The maximum atomic E-state index is 12.3. The zero-order valence-electron chi connectivity index (χ0n) is 12.1. The molecule has 6 heteroatoms. The normalized spacial score (nSPS) is 12.6. The highest BCUT2D eigenvalue weighted by molar-refractivity contribution is 5.31. The molecule has 0 amide bonds. The van der Waals surface area contributed by atoms with E-state index in [9.17, 15) is 8.78 Å². The van der Waals surface area contributed by atoms with Crippen LogP contribution in [0.15, 0.2) is 36.7 Å². The lowest BCUT2D eigenvalue weighted by Gasteiger charge is -2.18. The molecule has 0 saturated carbocycles. The van der Waals surface area contributed by atoms with E-state index in [1.165, 1.54) is 6.07 Å². The van der Waals surface area contributed by atoms with Gasteiger partial charge in [-0.1, -0.05) is 12.1 Å². The van der Waals surface area contributed by atoms with Gasteiger partial charge in [0.15, 0.2) is 0 Å². The van der Waals surface area contributed by atoms with Crippen molar-refractivity contribution in [2.75, 3.05) is 7.05 Å². The van der Waals surface area contributed by atoms with Crippen LogP contribution in [-0.4, -0.2) is 23.2 Å². The maximum Gasteiger partial charge on any atom is 0.387 e. The number of alkyl halides is 2. The van der Waals surface area contributed by atoms with Crippen molar-refractivity contribution in [3.8, 4) is 5.75 Å². The Morgan fingerprint density at radius 2 is 2.19 bits per heavy atom. The first-order chi connectivity index (χ1) is 10.1. The summed E-state index contributed by atoms with van der Waals surface area (Å²) in [5, 5.41) is 3.19. The Morgan fingerprint density at radius 3 is 2.86 bits per heavy atom. The predicted molar refractivity (Wildman–Crippen MR) is 76.5 cm³/mol. The van der Waals surface area contributed by atoms with E-state index < -0.39 is 6.61 Å². The molecule has 0 aliphatic rings. The van der Waals surface area contributed by atoms with Crippen molar-refractivity contribution in [3.05, 3.63) is 48.0 Å². The van der Waals surface area contributed by atoms with Crippen molar-refractivity contribution in [1.82, 2.24) is 14.9 Å². The summed E-state index contributed by atoms with van der Waals surface area (Å²) in [7, 11) is 1.84. The smallest absolute Gasteiger partial charge is 0.387 e. The Morgan fingerprint density at radius 1 is 1.38 bits per heavy atom. The van der Waals surface area contributed by atoms with Gasteiger partial charge in [0.1, 0.15) is 11.6 Å². The fraction of sp³-hybridized carbons (Fsp3) is 0.400. The first-order valence-corrected chi connectivity index (χ1v) is 6.86. The van der Waals surface area contributed by atoms with E-state index >= 15 is 0 Å². The fourth-order valence-corrected chi connectivity index (χ4v) is 2.29. The molecule has 0 aliphatic heterocycles. The van der Waals surface area contributed by atoms with Crippen LogP contribution in [0.5, 0.6) is 5.75 Å². The SMILES string of the molecule is CCn1ccnc1CC(NC)c1cccc(OC(F)F)c1. The van der Waals surface area contributed by atoms with Gasteiger partial charge in [0, 0.05) is 31.4 Å². The zero-order valence-corrected chi connectivity index (χ0v) is 12.1. The number of benzene rings is 1. The van der Waals surface area contributed by atoms with E-state index in [0.29, 0.717) is 6.42 Å². The highest BCUT2D eigenvalue weighted by Gasteiger charge is 2.15. The molecule has 114 valence electrons. The minimum Gasteiger partial charge on any atom is -0.435 e. The van der Waals surface area contributed by atoms with Crippen LogP contribution in [0.25, 0.3) is 0 Å². The van der Waals surface area contributed by atoms with Crippen LogP contribution < -0.4 is 10.1 Å². The van der Waals surface area contributed by atoms with Gasteiger partial charge in [-0.25, -0.2) is 4.98 Å². The van der Waals surface area contributed by atoms with E-state index in [-0.39, 0.29) is 11.8 Å². The number of rotatable bonds is 7. The van der Waals surface area contributed by atoms with E-state index in [0.717, 1.165) is 17.9 Å². The average molecular weight is 295 g/mol. The molecule has 0 radical (unpaired) electrons. The Kier molecular flexibility index (Phi) is 5.27. The summed E-state index contributed by atoms with van der Waals surface area (Å²) in [5.41, 5.74) is 0.890. The van der Waals surface area contributed by atoms with Crippen molar-refractivity contribution in [1.29, 1.82) is 0 Å². The molecule has 0 fully saturated rings. The zero-order chi connectivity index (χ0) is 15.2. The molecule has 1 aromatic carbocycles. The van der Waals surface area contributed by atoms with Crippen LogP contribution in [-0.2, 0) is 13.0 Å². The number of hydrogen-bond donors (Lipinski definition) is 1. The van der Waals surface area contributed by atoms with Gasteiger partial charge in [-0.3, -0.25) is 0 Å². The molecule has 1 heterocycles. The summed E-state index contributed by atoms with van der Waals surface area (Å²) in [6, 6.07) is 6.74. The molecule has 0 aliphatic carbocycles. The lowest BCUT2D eigenvalue weighted by atomic mass is 10.0. The quantitative estimate of drug-likeness (QED) is 0.853. The van der Waals surface area contributed by atoms with E-state index in [2.05, 4.69) is 26.5 Å². The summed E-state index contributed by atoms with van der Waals surface area (Å²) in [5.74, 6) is 1.12. The third-order valence-corrected chi connectivity index (χ3v) is 3.36. The molecule has 2 rings (SSSR count). The van der Waals surface area contributed by atoms with Gasteiger partial charge in [-0.2, -0.15) is 8.78 Å². The molecule has 21 heavy (non-hydrogen) atoms. The second-order valence-electron chi connectivity index (χ2n) is 4.63.